The SMILES string of the molecule is Cc1ccccc1OCCOc1ccccc1C#N. The Balaban J connectivity index is 1.85. The van der Waals surface area contributed by atoms with Crippen molar-refractivity contribution in [2.45, 2.75) is 6.92 Å². The standard InChI is InChI=1S/C16H15NO2/c1-13-6-2-4-8-15(13)18-10-11-19-16-9-5-3-7-14(16)12-17/h2-9H,10-11H2,1H3. The highest BCUT2D eigenvalue weighted by Gasteiger charge is 2.02. The van der Waals surface area contributed by atoms with E-state index < -0.39 is 0 Å². The van der Waals surface area contributed by atoms with Crippen LogP contribution >= 0.6 is 0 Å². The molecule has 0 aliphatic rings. The van der Waals surface area contributed by atoms with Crippen LogP contribution in [-0.4, -0.2) is 13.2 Å². The number of aryl methyl sites for hydroxylation is 1. The molecule has 0 radical (unpaired) electrons. The highest BCUT2D eigenvalue weighted by molar-refractivity contribution is 5.42. The normalized spacial score (nSPS) is 9.68. The van der Waals surface area contributed by atoms with Gasteiger partial charge in [0, 0.05) is 0 Å². The average molecular weight is 253 g/mol. The zero-order chi connectivity index (χ0) is 13.5. The lowest BCUT2D eigenvalue weighted by Gasteiger charge is -2.10. The molecule has 3 nitrogen and oxygen atoms in total. The van der Waals surface area contributed by atoms with Crippen molar-refractivity contribution in [3.63, 3.8) is 0 Å². The molecule has 0 saturated carbocycles. The van der Waals surface area contributed by atoms with Gasteiger partial charge >= 0.3 is 0 Å². The van der Waals surface area contributed by atoms with Gasteiger partial charge in [0.15, 0.2) is 0 Å². The molecule has 0 saturated heterocycles. The number of para-hydroxylation sites is 2. The minimum Gasteiger partial charge on any atom is -0.490 e. The van der Waals surface area contributed by atoms with E-state index in [1.54, 1.807) is 12.1 Å². The quantitative estimate of drug-likeness (QED) is 0.767. The average Bonchev–Trinajstić information content (AvgIpc) is 2.45. The van der Waals surface area contributed by atoms with Gasteiger partial charge in [-0.25, -0.2) is 0 Å². The topological polar surface area (TPSA) is 42.2 Å². The molecule has 0 heterocycles. The Labute approximate surface area is 113 Å². The minimum atomic E-state index is 0.410. The second-order valence-corrected chi connectivity index (χ2v) is 4.07. The summed E-state index contributed by atoms with van der Waals surface area (Å²) < 4.78 is 11.2. The Hall–Kier alpha value is -2.47. The second-order valence-electron chi connectivity index (χ2n) is 4.07. The largest absolute Gasteiger partial charge is 0.490 e. The van der Waals surface area contributed by atoms with E-state index in [1.165, 1.54) is 0 Å². The van der Waals surface area contributed by atoms with Crippen LogP contribution in [0.25, 0.3) is 0 Å². The van der Waals surface area contributed by atoms with Crippen molar-refractivity contribution in [3.05, 3.63) is 59.7 Å². The summed E-state index contributed by atoms with van der Waals surface area (Å²) in [5.41, 5.74) is 1.64. The maximum Gasteiger partial charge on any atom is 0.137 e. The third-order valence-corrected chi connectivity index (χ3v) is 2.70. The summed E-state index contributed by atoms with van der Waals surface area (Å²) in [7, 11) is 0. The molecule has 0 aliphatic heterocycles. The van der Waals surface area contributed by atoms with Gasteiger partial charge in [0.05, 0.1) is 5.56 Å². The van der Waals surface area contributed by atoms with Crippen molar-refractivity contribution in [3.8, 4) is 17.6 Å². The molecule has 0 atom stereocenters. The van der Waals surface area contributed by atoms with Crippen LogP contribution in [0, 0.1) is 18.3 Å². The van der Waals surface area contributed by atoms with Gasteiger partial charge in [0.1, 0.15) is 30.8 Å². The minimum absolute atomic E-state index is 0.410. The molecule has 96 valence electrons. The molecular formula is C16H15NO2. The first kappa shape index (κ1) is 13.0. The summed E-state index contributed by atoms with van der Waals surface area (Å²) in [5.74, 6) is 1.46. The summed E-state index contributed by atoms with van der Waals surface area (Å²) in [6.45, 7) is 2.86. The number of benzene rings is 2. The fraction of sp³-hybridized carbons (Fsp3) is 0.188. The Morgan fingerprint density at radius 3 is 2.16 bits per heavy atom. The van der Waals surface area contributed by atoms with Crippen molar-refractivity contribution in [1.29, 1.82) is 5.26 Å². The van der Waals surface area contributed by atoms with Crippen LogP contribution in [-0.2, 0) is 0 Å². The molecule has 0 amide bonds. The van der Waals surface area contributed by atoms with Gasteiger partial charge in [-0.05, 0) is 30.7 Å². The molecule has 0 bridgehead atoms. The highest BCUT2D eigenvalue weighted by Crippen LogP contribution is 2.18. The van der Waals surface area contributed by atoms with E-state index in [1.807, 2.05) is 43.3 Å². The molecule has 0 aliphatic carbocycles. The number of rotatable bonds is 5. The number of nitriles is 1. The molecule has 0 N–H and O–H groups in total. The van der Waals surface area contributed by atoms with E-state index in [0.29, 0.717) is 24.5 Å². The lowest BCUT2D eigenvalue weighted by atomic mass is 10.2. The van der Waals surface area contributed by atoms with Crippen molar-refractivity contribution >= 4 is 0 Å². The van der Waals surface area contributed by atoms with Gasteiger partial charge < -0.3 is 9.47 Å². The molecule has 2 aromatic rings. The number of hydrogen-bond donors (Lipinski definition) is 0. The second kappa shape index (κ2) is 6.46. The van der Waals surface area contributed by atoms with Gasteiger partial charge in [0.2, 0.25) is 0 Å². The van der Waals surface area contributed by atoms with Crippen molar-refractivity contribution in [2.75, 3.05) is 13.2 Å². The fourth-order valence-electron chi connectivity index (χ4n) is 1.71. The highest BCUT2D eigenvalue weighted by atomic mass is 16.5. The van der Waals surface area contributed by atoms with Crippen LogP contribution in [0.3, 0.4) is 0 Å². The van der Waals surface area contributed by atoms with Gasteiger partial charge in [-0.15, -0.1) is 0 Å². The number of hydrogen-bond acceptors (Lipinski definition) is 3. The number of nitrogens with zero attached hydrogens (tertiary/aromatic N) is 1. The number of ether oxygens (including phenoxy) is 2. The van der Waals surface area contributed by atoms with Gasteiger partial charge in [-0.1, -0.05) is 30.3 Å². The molecule has 0 aromatic heterocycles. The maximum atomic E-state index is 8.93. The first-order valence-electron chi connectivity index (χ1n) is 6.11. The summed E-state index contributed by atoms with van der Waals surface area (Å²) in [6, 6.07) is 17.1. The molecule has 2 rings (SSSR count). The summed E-state index contributed by atoms with van der Waals surface area (Å²) in [4.78, 5) is 0. The zero-order valence-electron chi connectivity index (χ0n) is 10.8. The first-order valence-corrected chi connectivity index (χ1v) is 6.11. The van der Waals surface area contributed by atoms with Crippen LogP contribution in [0.5, 0.6) is 11.5 Å². The van der Waals surface area contributed by atoms with Crippen LogP contribution in [0.4, 0.5) is 0 Å². The molecular weight excluding hydrogens is 238 g/mol. The Bertz CT molecular complexity index is 587. The molecule has 0 spiro atoms. The van der Waals surface area contributed by atoms with Crippen LogP contribution in [0.2, 0.25) is 0 Å². The van der Waals surface area contributed by atoms with E-state index in [9.17, 15) is 0 Å². The van der Waals surface area contributed by atoms with Gasteiger partial charge in [0.25, 0.3) is 0 Å². The summed E-state index contributed by atoms with van der Waals surface area (Å²) in [5, 5.41) is 8.93. The van der Waals surface area contributed by atoms with Crippen molar-refractivity contribution in [1.82, 2.24) is 0 Å². The van der Waals surface area contributed by atoms with Gasteiger partial charge in [-0.3, -0.25) is 0 Å². The predicted octanol–water partition coefficient (Wildman–Crippen LogP) is 3.32. The van der Waals surface area contributed by atoms with Crippen LogP contribution in [0.1, 0.15) is 11.1 Å². The summed E-state index contributed by atoms with van der Waals surface area (Å²) in [6.07, 6.45) is 0. The monoisotopic (exact) mass is 253 g/mol. The van der Waals surface area contributed by atoms with Crippen LogP contribution < -0.4 is 9.47 Å². The molecule has 0 fully saturated rings. The van der Waals surface area contributed by atoms with Gasteiger partial charge in [-0.2, -0.15) is 5.26 Å². The lowest BCUT2D eigenvalue weighted by Crippen LogP contribution is -2.10. The third kappa shape index (κ3) is 3.49. The fourth-order valence-corrected chi connectivity index (χ4v) is 1.71. The lowest BCUT2D eigenvalue weighted by molar-refractivity contribution is 0.216. The van der Waals surface area contributed by atoms with Crippen LogP contribution in [0.15, 0.2) is 48.5 Å². The molecule has 19 heavy (non-hydrogen) atoms. The molecule has 0 unspecified atom stereocenters. The van der Waals surface area contributed by atoms with Crippen molar-refractivity contribution < 1.29 is 9.47 Å². The van der Waals surface area contributed by atoms with E-state index >= 15 is 0 Å². The smallest absolute Gasteiger partial charge is 0.137 e. The Kier molecular flexibility index (Phi) is 4.41. The first-order chi connectivity index (χ1) is 9.31. The summed E-state index contributed by atoms with van der Waals surface area (Å²) >= 11 is 0. The third-order valence-electron chi connectivity index (χ3n) is 2.70. The predicted molar refractivity (Wildman–Crippen MR) is 73.3 cm³/mol. The van der Waals surface area contributed by atoms with E-state index in [4.69, 9.17) is 14.7 Å². The maximum absolute atomic E-state index is 8.93. The Morgan fingerprint density at radius 2 is 1.47 bits per heavy atom. The Morgan fingerprint density at radius 1 is 0.895 bits per heavy atom. The van der Waals surface area contributed by atoms with Crippen molar-refractivity contribution in [2.24, 2.45) is 0 Å². The van der Waals surface area contributed by atoms with E-state index in [-0.39, 0.29) is 0 Å². The zero-order valence-corrected chi connectivity index (χ0v) is 10.8. The molecule has 2 aromatic carbocycles. The van der Waals surface area contributed by atoms with E-state index in [2.05, 4.69) is 6.07 Å². The van der Waals surface area contributed by atoms with E-state index in [0.717, 1.165) is 11.3 Å². The molecule has 3 heteroatoms.